The SMILES string of the molecule is O=C(CC1(O)CCC1)N1CCOC2(CCN(Cc3ccncc3)CC2)C1. The van der Waals surface area contributed by atoms with Crippen LogP contribution in [-0.4, -0.2) is 69.8 Å². The second-order valence-electron chi connectivity index (χ2n) is 8.23. The van der Waals surface area contributed by atoms with Crippen molar-refractivity contribution >= 4 is 5.91 Å². The maximum atomic E-state index is 12.6. The van der Waals surface area contributed by atoms with E-state index in [4.69, 9.17) is 4.74 Å². The normalized spacial score (nSPS) is 25.0. The van der Waals surface area contributed by atoms with Crippen LogP contribution in [0.4, 0.5) is 0 Å². The highest BCUT2D eigenvalue weighted by atomic mass is 16.5. The van der Waals surface area contributed by atoms with Gasteiger partial charge in [-0.2, -0.15) is 0 Å². The smallest absolute Gasteiger partial charge is 0.225 e. The number of ether oxygens (including phenoxy) is 1. The van der Waals surface area contributed by atoms with E-state index in [0.29, 0.717) is 19.7 Å². The average Bonchev–Trinajstić information content (AvgIpc) is 2.63. The number of piperidine rings is 1. The molecule has 142 valence electrons. The van der Waals surface area contributed by atoms with E-state index in [0.717, 1.165) is 51.7 Å². The predicted octanol–water partition coefficient (Wildman–Crippen LogP) is 1.58. The molecule has 3 heterocycles. The Morgan fingerprint density at radius 3 is 2.54 bits per heavy atom. The molecule has 2 saturated heterocycles. The van der Waals surface area contributed by atoms with Crippen LogP contribution in [-0.2, 0) is 16.1 Å². The molecule has 26 heavy (non-hydrogen) atoms. The van der Waals surface area contributed by atoms with Crippen LogP contribution in [0.25, 0.3) is 0 Å². The van der Waals surface area contributed by atoms with Crippen molar-refractivity contribution < 1.29 is 14.6 Å². The topological polar surface area (TPSA) is 65.9 Å². The molecule has 2 aliphatic heterocycles. The summed E-state index contributed by atoms with van der Waals surface area (Å²) in [4.78, 5) is 21.1. The Morgan fingerprint density at radius 1 is 1.15 bits per heavy atom. The molecular formula is C20H29N3O3. The number of nitrogens with zero attached hydrogens (tertiary/aromatic N) is 3. The molecule has 6 nitrogen and oxygen atoms in total. The summed E-state index contributed by atoms with van der Waals surface area (Å²) in [5, 5.41) is 10.3. The lowest BCUT2D eigenvalue weighted by Gasteiger charge is -2.48. The van der Waals surface area contributed by atoms with Gasteiger partial charge in [0.15, 0.2) is 0 Å². The van der Waals surface area contributed by atoms with E-state index in [9.17, 15) is 9.90 Å². The standard InChI is InChI=1S/C20H29N3O3/c24-18(14-19(25)4-1-5-19)23-12-13-26-20(16-23)6-10-22(11-7-20)15-17-2-8-21-9-3-17/h2-3,8-9,25H,1,4-7,10-16H2. The number of rotatable bonds is 4. The Labute approximate surface area is 155 Å². The molecule has 3 fully saturated rings. The first-order chi connectivity index (χ1) is 12.6. The number of hydrogen-bond acceptors (Lipinski definition) is 5. The Hall–Kier alpha value is -1.50. The number of carbonyl (C=O) groups is 1. The first-order valence-electron chi connectivity index (χ1n) is 9.81. The fourth-order valence-corrected chi connectivity index (χ4v) is 4.38. The highest BCUT2D eigenvalue weighted by Crippen LogP contribution is 2.36. The van der Waals surface area contributed by atoms with Gasteiger partial charge < -0.3 is 14.7 Å². The van der Waals surface area contributed by atoms with Gasteiger partial charge in [0.1, 0.15) is 0 Å². The summed E-state index contributed by atoms with van der Waals surface area (Å²) >= 11 is 0. The molecule has 6 heteroatoms. The van der Waals surface area contributed by atoms with E-state index in [2.05, 4.69) is 22.0 Å². The zero-order valence-electron chi connectivity index (χ0n) is 15.4. The zero-order chi connectivity index (χ0) is 18.0. The number of hydrogen-bond donors (Lipinski definition) is 1. The third kappa shape index (κ3) is 3.92. The van der Waals surface area contributed by atoms with Crippen LogP contribution in [0.15, 0.2) is 24.5 Å². The monoisotopic (exact) mass is 359 g/mol. The molecule has 4 rings (SSSR count). The van der Waals surface area contributed by atoms with Gasteiger partial charge in [-0.3, -0.25) is 14.7 Å². The van der Waals surface area contributed by atoms with Crippen LogP contribution in [0.5, 0.6) is 0 Å². The van der Waals surface area contributed by atoms with Gasteiger partial charge in [0.05, 0.1) is 24.2 Å². The van der Waals surface area contributed by atoms with E-state index in [1.54, 1.807) is 0 Å². The second-order valence-corrected chi connectivity index (χ2v) is 8.23. The van der Waals surface area contributed by atoms with E-state index in [1.165, 1.54) is 5.56 Å². The Morgan fingerprint density at radius 2 is 1.88 bits per heavy atom. The third-order valence-electron chi connectivity index (χ3n) is 6.29. The lowest BCUT2D eigenvalue weighted by molar-refractivity contribution is -0.165. The summed E-state index contributed by atoms with van der Waals surface area (Å²) < 4.78 is 6.16. The number of carbonyl (C=O) groups excluding carboxylic acids is 1. The molecule has 1 amide bonds. The van der Waals surface area contributed by atoms with Gasteiger partial charge in [-0.05, 0) is 49.8 Å². The van der Waals surface area contributed by atoms with E-state index in [-0.39, 0.29) is 17.9 Å². The fraction of sp³-hybridized carbons (Fsp3) is 0.700. The summed E-state index contributed by atoms with van der Waals surface area (Å²) in [5.41, 5.74) is 0.340. The maximum Gasteiger partial charge on any atom is 0.225 e. The van der Waals surface area contributed by atoms with Crippen molar-refractivity contribution in [2.75, 3.05) is 32.8 Å². The van der Waals surface area contributed by atoms with Crippen molar-refractivity contribution in [1.82, 2.24) is 14.8 Å². The number of likely N-dealkylation sites (tertiary alicyclic amines) is 1. The molecule has 0 bridgehead atoms. The van der Waals surface area contributed by atoms with Crippen LogP contribution in [0.3, 0.4) is 0 Å². The summed E-state index contributed by atoms with van der Waals surface area (Å²) in [5.74, 6) is 0.0918. The molecule has 0 aromatic carbocycles. The van der Waals surface area contributed by atoms with Crippen molar-refractivity contribution in [1.29, 1.82) is 0 Å². The maximum absolute atomic E-state index is 12.6. The molecule has 1 aliphatic carbocycles. The molecule has 1 aromatic heterocycles. The largest absolute Gasteiger partial charge is 0.389 e. The first kappa shape index (κ1) is 17.9. The van der Waals surface area contributed by atoms with Crippen molar-refractivity contribution in [3.63, 3.8) is 0 Å². The molecule has 3 aliphatic rings. The van der Waals surface area contributed by atoms with Gasteiger partial charge in [-0.1, -0.05) is 0 Å². The minimum absolute atomic E-state index is 0.0918. The van der Waals surface area contributed by atoms with Crippen LogP contribution in [0, 0.1) is 0 Å². The van der Waals surface area contributed by atoms with Gasteiger partial charge in [-0.25, -0.2) is 0 Å². The molecule has 1 spiro atoms. The summed E-state index contributed by atoms with van der Waals surface area (Å²) in [6.07, 6.45) is 8.41. The van der Waals surface area contributed by atoms with Crippen molar-refractivity contribution in [3.8, 4) is 0 Å². The van der Waals surface area contributed by atoms with E-state index in [1.807, 2.05) is 17.3 Å². The fourth-order valence-electron chi connectivity index (χ4n) is 4.38. The number of amides is 1. The number of aliphatic hydroxyl groups is 1. The molecule has 1 N–H and O–H groups in total. The zero-order valence-corrected chi connectivity index (χ0v) is 15.4. The van der Waals surface area contributed by atoms with Crippen molar-refractivity contribution in [2.24, 2.45) is 0 Å². The van der Waals surface area contributed by atoms with Crippen LogP contribution < -0.4 is 0 Å². The highest BCUT2D eigenvalue weighted by molar-refractivity contribution is 5.77. The molecule has 1 aromatic rings. The quantitative estimate of drug-likeness (QED) is 0.884. The molecular weight excluding hydrogens is 330 g/mol. The molecule has 0 unspecified atom stereocenters. The van der Waals surface area contributed by atoms with Crippen molar-refractivity contribution in [3.05, 3.63) is 30.1 Å². The van der Waals surface area contributed by atoms with Crippen LogP contribution in [0.2, 0.25) is 0 Å². The summed E-state index contributed by atoms with van der Waals surface area (Å²) in [6.45, 7) is 4.83. The van der Waals surface area contributed by atoms with Gasteiger partial charge in [-0.15, -0.1) is 0 Å². The summed E-state index contributed by atoms with van der Waals surface area (Å²) in [6, 6.07) is 4.13. The van der Waals surface area contributed by atoms with Crippen molar-refractivity contribution in [2.45, 2.75) is 56.3 Å². The Bertz CT molecular complexity index is 624. The van der Waals surface area contributed by atoms with Gasteiger partial charge >= 0.3 is 0 Å². The lowest BCUT2D eigenvalue weighted by atomic mass is 9.77. The van der Waals surface area contributed by atoms with Gasteiger partial charge in [0.2, 0.25) is 5.91 Å². The second kappa shape index (κ2) is 7.25. The highest BCUT2D eigenvalue weighted by Gasteiger charge is 2.43. The molecule has 1 saturated carbocycles. The predicted molar refractivity (Wildman–Crippen MR) is 97.4 cm³/mol. The minimum atomic E-state index is -0.740. The minimum Gasteiger partial charge on any atom is -0.389 e. The molecule has 0 radical (unpaired) electrons. The van der Waals surface area contributed by atoms with E-state index < -0.39 is 5.60 Å². The Kier molecular flexibility index (Phi) is 4.99. The van der Waals surface area contributed by atoms with Crippen LogP contribution in [0.1, 0.15) is 44.1 Å². The number of morpholine rings is 1. The summed E-state index contributed by atoms with van der Waals surface area (Å²) in [7, 11) is 0. The van der Waals surface area contributed by atoms with Crippen LogP contribution >= 0.6 is 0 Å². The first-order valence-corrected chi connectivity index (χ1v) is 9.81. The van der Waals surface area contributed by atoms with E-state index >= 15 is 0 Å². The van der Waals surface area contributed by atoms with Gasteiger partial charge in [0.25, 0.3) is 0 Å². The molecule has 0 atom stereocenters. The number of pyridine rings is 1. The Balaban J connectivity index is 1.31. The van der Waals surface area contributed by atoms with Gasteiger partial charge in [0, 0.05) is 45.1 Å². The number of aromatic nitrogens is 1. The lowest BCUT2D eigenvalue weighted by Crippen LogP contribution is -2.58. The third-order valence-corrected chi connectivity index (χ3v) is 6.29. The average molecular weight is 359 g/mol.